The largest absolute Gasteiger partial charge is 0.435 e. The van der Waals surface area contributed by atoms with Crippen LogP contribution in [-0.4, -0.2) is 20.7 Å². The highest BCUT2D eigenvalue weighted by Crippen LogP contribution is 2.30. The predicted molar refractivity (Wildman–Crippen MR) is 65.4 cm³/mol. The van der Waals surface area contributed by atoms with Crippen LogP contribution in [0.4, 0.5) is 32.2 Å². The number of rotatable bonds is 2. The number of hydrogen-bond donors (Lipinski definition) is 1. The summed E-state index contributed by atoms with van der Waals surface area (Å²) >= 11 is 0. The smallest absolute Gasteiger partial charge is 0.307 e. The lowest BCUT2D eigenvalue weighted by Crippen LogP contribution is -2.16. The van der Waals surface area contributed by atoms with E-state index in [1.165, 1.54) is 7.05 Å². The SMILES string of the molecule is Cn1nc(C(F)(F)F)cc1NC(=O)c1ccc(C(F)(F)F)nc1. The number of nitrogens with zero attached hydrogens (tertiary/aromatic N) is 3. The highest BCUT2D eigenvalue weighted by molar-refractivity contribution is 6.03. The van der Waals surface area contributed by atoms with Crippen LogP contribution in [0.15, 0.2) is 24.4 Å². The lowest BCUT2D eigenvalue weighted by atomic mass is 10.2. The topological polar surface area (TPSA) is 59.8 Å². The van der Waals surface area contributed by atoms with Gasteiger partial charge < -0.3 is 5.32 Å². The zero-order valence-electron chi connectivity index (χ0n) is 11.3. The van der Waals surface area contributed by atoms with Crippen LogP contribution < -0.4 is 5.32 Å². The summed E-state index contributed by atoms with van der Waals surface area (Å²) in [5, 5.41) is 5.31. The van der Waals surface area contributed by atoms with Crippen LogP contribution in [0.25, 0.3) is 0 Å². The molecule has 0 saturated heterocycles. The minimum atomic E-state index is -4.68. The molecule has 0 unspecified atom stereocenters. The Bertz CT molecular complexity index is 717. The van der Waals surface area contributed by atoms with Gasteiger partial charge in [0, 0.05) is 19.3 Å². The molecule has 0 aliphatic rings. The van der Waals surface area contributed by atoms with Gasteiger partial charge in [0.1, 0.15) is 11.5 Å². The summed E-state index contributed by atoms with van der Waals surface area (Å²) in [6.45, 7) is 0. The Morgan fingerprint density at radius 1 is 1.09 bits per heavy atom. The Morgan fingerprint density at radius 2 is 1.70 bits per heavy atom. The molecule has 0 spiro atoms. The van der Waals surface area contributed by atoms with Crippen molar-refractivity contribution in [2.75, 3.05) is 5.32 Å². The maximum absolute atomic E-state index is 12.5. The molecule has 11 heteroatoms. The van der Waals surface area contributed by atoms with Gasteiger partial charge in [-0.05, 0) is 12.1 Å². The zero-order chi connectivity index (χ0) is 17.4. The molecule has 5 nitrogen and oxygen atoms in total. The number of alkyl halides is 6. The maximum atomic E-state index is 12.5. The first-order chi connectivity index (χ1) is 10.5. The number of pyridine rings is 1. The van der Waals surface area contributed by atoms with E-state index in [0.29, 0.717) is 18.3 Å². The third-order valence-electron chi connectivity index (χ3n) is 2.73. The lowest BCUT2D eigenvalue weighted by Gasteiger charge is -2.07. The molecule has 23 heavy (non-hydrogen) atoms. The van der Waals surface area contributed by atoms with Crippen molar-refractivity contribution in [3.8, 4) is 0 Å². The quantitative estimate of drug-likeness (QED) is 0.856. The van der Waals surface area contributed by atoms with E-state index >= 15 is 0 Å². The fourth-order valence-corrected chi connectivity index (χ4v) is 1.61. The normalized spacial score (nSPS) is 12.3. The van der Waals surface area contributed by atoms with Gasteiger partial charge >= 0.3 is 12.4 Å². The number of aromatic nitrogens is 3. The van der Waals surface area contributed by atoms with E-state index in [-0.39, 0.29) is 11.4 Å². The molecule has 2 aromatic rings. The minimum Gasteiger partial charge on any atom is -0.307 e. The highest BCUT2D eigenvalue weighted by atomic mass is 19.4. The Balaban J connectivity index is 2.18. The number of amides is 1. The van der Waals surface area contributed by atoms with Gasteiger partial charge in [-0.2, -0.15) is 31.4 Å². The molecule has 1 amide bonds. The fraction of sp³-hybridized carbons (Fsp3) is 0.250. The molecular weight excluding hydrogens is 330 g/mol. The number of nitrogens with one attached hydrogen (secondary N) is 1. The Kier molecular flexibility index (Phi) is 4.05. The average molecular weight is 338 g/mol. The standard InChI is InChI=1S/C12H8F6N4O/c1-22-9(4-8(21-22)12(16,17)18)20-10(23)6-2-3-7(19-5-6)11(13,14)15/h2-5H,1H3,(H,20,23). The molecule has 0 aliphatic carbocycles. The molecule has 2 heterocycles. The number of halogens is 6. The van der Waals surface area contributed by atoms with Gasteiger partial charge in [-0.15, -0.1) is 0 Å². The molecule has 0 bridgehead atoms. The number of carbonyl (C=O) groups is 1. The molecule has 2 rings (SSSR count). The van der Waals surface area contributed by atoms with E-state index in [1.54, 1.807) is 0 Å². The molecule has 2 aromatic heterocycles. The van der Waals surface area contributed by atoms with Crippen molar-refractivity contribution in [3.63, 3.8) is 0 Å². The fourth-order valence-electron chi connectivity index (χ4n) is 1.61. The Morgan fingerprint density at radius 3 is 2.13 bits per heavy atom. The van der Waals surface area contributed by atoms with E-state index in [0.717, 1.165) is 10.7 Å². The van der Waals surface area contributed by atoms with Crippen molar-refractivity contribution in [1.29, 1.82) is 0 Å². The van der Waals surface area contributed by atoms with Crippen molar-refractivity contribution >= 4 is 11.7 Å². The van der Waals surface area contributed by atoms with Gasteiger partial charge in [0.05, 0.1) is 5.56 Å². The molecule has 1 N–H and O–H groups in total. The van der Waals surface area contributed by atoms with Crippen LogP contribution >= 0.6 is 0 Å². The summed E-state index contributed by atoms with van der Waals surface area (Å²) in [5.74, 6) is -1.18. The first kappa shape index (κ1) is 16.8. The summed E-state index contributed by atoms with van der Waals surface area (Å²) in [7, 11) is 1.18. The second kappa shape index (κ2) is 5.56. The van der Waals surface area contributed by atoms with E-state index in [4.69, 9.17) is 0 Å². The summed E-state index contributed by atoms with van der Waals surface area (Å²) in [6.07, 6.45) is -8.66. The van der Waals surface area contributed by atoms with Crippen LogP contribution in [0.1, 0.15) is 21.7 Å². The van der Waals surface area contributed by atoms with Gasteiger partial charge in [-0.3, -0.25) is 14.5 Å². The van der Waals surface area contributed by atoms with Gasteiger partial charge in [-0.1, -0.05) is 0 Å². The van der Waals surface area contributed by atoms with Gasteiger partial charge in [0.25, 0.3) is 5.91 Å². The second-order valence-corrected chi connectivity index (χ2v) is 4.42. The summed E-state index contributed by atoms with van der Waals surface area (Å²) < 4.78 is 75.3. The zero-order valence-corrected chi connectivity index (χ0v) is 11.3. The van der Waals surface area contributed by atoms with Gasteiger partial charge in [0.2, 0.25) is 0 Å². The van der Waals surface area contributed by atoms with Crippen molar-refractivity contribution in [2.45, 2.75) is 12.4 Å². The summed E-state index contributed by atoms with van der Waals surface area (Å²) in [4.78, 5) is 14.9. The third-order valence-corrected chi connectivity index (χ3v) is 2.73. The van der Waals surface area contributed by atoms with Crippen LogP contribution in [0.3, 0.4) is 0 Å². The molecule has 0 atom stereocenters. The minimum absolute atomic E-state index is 0.243. The number of carbonyl (C=O) groups excluding carboxylic acids is 1. The number of aryl methyl sites for hydroxylation is 1. The first-order valence-electron chi connectivity index (χ1n) is 5.94. The Hall–Kier alpha value is -2.59. The summed E-state index contributed by atoms with van der Waals surface area (Å²) in [5.41, 5.74) is -2.64. The van der Waals surface area contributed by atoms with Crippen molar-refractivity contribution in [1.82, 2.24) is 14.8 Å². The molecule has 0 fully saturated rings. The predicted octanol–water partition coefficient (Wildman–Crippen LogP) is 3.11. The first-order valence-corrected chi connectivity index (χ1v) is 5.94. The summed E-state index contributed by atoms with van der Waals surface area (Å²) in [6, 6.07) is 2.07. The van der Waals surface area contributed by atoms with E-state index in [1.807, 2.05) is 0 Å². The van der Waals surface area contributed by atoms with Gasteiger partial charge in [-0.25, -0.2) is 0 Å². The van der Waals surface area contributed by atoms with Crippen LogP contribution in [-0.2, 0) is 19.4 Å². The van der Waals surface area contributed by atoms with Crippen molar-refractivity contribution in [2.24, 2.45) is 7.05 Å². The van der Waals surface area contributed by atoms with Crippen LogP contribution in [0.2, 0.25) is 0 Å². The number of hydrogen-bond acceptors (Lipinski definition) is 3. The maximum Gasteiger partial charge on any atom is 0.435 e. The van der Waals surface area contributed by atoms with Crippen LogP contribution in [0, 0.1) is 0 Å². The molecule has 0 aromatic carbocycles. The van der Waals surface area contributed by atoms with Gasteiger partial charge in [0.15, 0.2) is 5.69 Å². The average Bonchev–Trinajstić information content (AvgIpc) is 2.79. The molecule has 0 radical (unpaired) electrons. The third kappa shape index (κ3) is 3.79. The monoisotopic (exact) mass is 338 g/mol. The van der Waals surface area contributed by atoms with Crippen molar-refractivity contribution < 1.29 is 31.1 Å². The molecule has 0 aliphatic heterocycles. The number of anilines is 1. The lowest BCUT2D eigenvalue weighted by molar-refractivity contribution is -0.142. The van der Waals surface area contributed by atoms with E-state index in [9.17, 15) is 31.1 Å². The van der Waals surface area contributed by atoms with E-state index in [2.05, 4.69) is 15.4 Å². The Labute approximate surface area is 124 Å². The van der Waals surface area contributed by atoms with Crippen molar-refractivity contribution in [3.05, 3.63) is 41.3 Å². The van der Waals surface area contributed by atoms with E-state index < -0.39 is 29.6 Å². The second-order valence-electron chi connectivity index (χ2n) is 4.42. The highest BCUT2D eigenvalue weighted by Gasteiger charge is 2.35. The molecule has 0 saturated carbocycles. The molecule has 124 valence electrons. The molecular formula is C12H8F6N4O. The van der Waals surface area contributed by atoms with Crippen LogP contribution in [0.5, 0.6) is 0 Å².